The maximum absolute atomic E-state index is 11.6. The van der Waals surface area contributed by atoms with Crippen LogP contribution in [0.15, 0.2) is 0 Å². The van der Waals surface area contributed by atoms with Crippen molar-refractivity contribution >= 4 is 17.9 Å². The number of nitrogens with one attached hydrogen (secondary N) is 2. The van der Waals surface area contributed by atoms with Crippen LogP contribution in [0.2, 0.25) is 0 Å². The Bertz CT molecular complexity index is 305. The number of nitrogens with zero attached hydrogens (tertiary/aromatic N) is 1. The third-order valence-electron chi connectivity index (χ3n) is 2.37. The van der Waals surface area contributed by atoms with Crippen LogP contribution in [-0.2, 0) is 9.59 Å². The van der Waals surface area contributed by atoms with Crippen molar-refractivity contribution in [3.8, 4) is 0 Å². The Morgan fingerprint density at radius 1 is 1.62 bits per heavy atom. The molecule has 3 amide bonds. The van der Waals surface area contributed by atoms with Gasteiger partial charge in [0.05, 0.1) is 0 Å². The summed E-state index contributed by atoms with van der Waals surface area (Å²) in [5.74, 6) is -1.30. The quantitative estimate of drug-likeness (QED) is 0.577. The van der Waals surface area contributed by atoms with Crippen LogP contribution in [-0.4, -0.2) is 53.6 Å². The van der Waals surface area contributed by atoms with Crippen molar-refractivity contribution < 1.29 is 19.5 Å². The predicted molar refractivity (Wildman–Crippen MR) is 54.8 cm³/mol. The lowest BCUT2D eigenvalue weighted by molar-refractivity contribution is -0.135. The van der Waals surface area contributed by atoms with Gasteiger partial charge in [-0.2, -0.15) is 0 Å². The van der Waals surface area contributed by atoms with Gasteiger partial charge in [0, 0.05) is 13.1 Å². The predicted octanol–water partition coefficient (Wildman–Crippen LogP) is -1.01. The number of carbonyl (C=O) groups is 3. The SMILES string of the molecule is CCC1C(=O)NCCN1C(=O)NCC(=O)O. The topological polar surface area (TPSA) is 98.7 Å². The second-order valence-electron chi connectivity index (χ2n) is 3.46. The highest BCUT2D eigenvalue weighted by molar-refractivity contribution is 5.89. The summed E-state index contributed by atoms with van der Waals surface area (Å²) in [7, 11) is 0. The monoisotopic (exact) mass is 229 g/mol. The van der Waals surface area contributed by atoms with E-state index in [1.807, 2.05) is 0 Å². The van der Waals surface area contributed by atoms with Gasteiger partial charge in [-0.3, -0.25) is 9.59 Å². The van der Waals surface area contributed by atoms with E-state index in [2.05, 4.69) is 10.6 Å². The fourth-order valence-electron chi connectivity index (χ4n) is 1.62. The Hall–Kier alpha value is -1.79. The Kier molecular flexibility index (Phi) is 4.10. The molecule has 0 aromatic rings. The molecule has 16 heavy (non-hydrogen) atoms. The first-order valence-electron chi connectivity index (χ1n) is 5.10. The number of carbonyl (C=O) groups excluding carboxylic acids is 2. The molecule has 1 heterocycles. The van der Waals surface area contributed by atoms with Gasteiger partial charge in [0.25, 0.3) is 0 Å². The summed E-state index contributed by atoms with van der Waals surface area (Å²) in [6, 6.07) is -1.02. The van der Waals surface area contributed by atoms with Gasteiger partial charge in [-0.15, -0.1) is 0 Å². The Morgan fingerprint density at radius 2 is 2.31 bits per heavy atom. The number of amides is 3. The van der Waals surface area contributed by atoms with Crippen molar-refractivity contribution in [2.24, 2.45) is 0 Å². The maximum Gasteiger partial charge on any atom is 0.323 e. The zero-order valence-electron chi connectivity index (χ0n) is 9.02. The van der Waals surface area contributed by atoms with E-state index in [1.54, 1.807) is 6.92 Å². The molecule has 7 nitrogen and oxygen atoms in total. The number of rotatable bonds is 3. The van der Waals surface area contributed by atoms with E-state index in [0.29, 0.717) is 19.5 Å². The van der Waals surface area contributed by atoms with Crippen molar-refractivity contribution in [2.75, 3.05) is 19.6 Å². The van der Waals surface area contributed by atoms with Crippen molar-refractivity contribution in [1.82, 2.24) is 15.5 Å². The lowest BCUT2D eigenvalue weighted by Gasteiger charge is -2.34. The van der Waals surface area contributed by atoms with Gasteiger partial charge in [0.2, 0.25) is 5.91 Å². The molecule has 1 aliphatic rings. The van der Waals surface area contributed by atoms with Crippen LogP contribution in [0.4, 0.5) is 4.79 Å². The Morgan fingerprint density at radius 3 is 2.88 bits per heavy atom. The molecule has 7 heteroatoms. The van der Waals surface area contributed by atoms with Gasteiger partial charge in [0.1, 0.15) is 12.6 Å². The normalized spacial score (nSPS) is 20.2. The highest BCUT2D eigenvalue weighted by Gasteiger charge is 2.31. The van der Waals surface area contributed by atoms with Gasteiger partial charge >= 0.3 is 12.0 Å². The number of carboxylic acids is 1. The van der Waals surface area contributed by atoms with Crippen LogP contribution in [0.5, 0.6) is 0 Å². The van der Waals surface area contributed by atoms with Gasteiger partial charge in [-0.05, 0) is 6.42 Å². The first-order valence-corrected chi connectivity index (χ1v) is 5.10. The highest BCUT2D eigenvalue weighted by Crippen LogP contribution is 2.08. The van der Waals surface area contributed by atoms with Gasteiger partial charge < -0.3 is 20.6 Å². The molecule has 1 aliphatic heterocycles. The number of hydrogen-bond acceptors (Lipinski definition) is 3. The zero-order valence-corrected chi connectivity index (χ0v) is 9.02. The van der Waals surface area contributed by atoms with Gasteiger partial charge in [0.15, 0.2) is 0 Å². The lowest BCUT2D eigenvalue weighted by atomic mass is 10.1. The van der Waals surface area contributed by atoms with Gasteiger partial charge in [-0.25, -0.2) is 4.79 Å². The molecule has 0 radical (unpaired) electrons. The summed E-state index contributed by atoms with van der Waals surface area (Å²) in [5, 5.41) is 13.3. The summed E-state index contributed by atoms with van der Waals surface area (Å²) >= 11 is 0. The Labute approximate surface area is 92.8 Å². The van der Waals surface area contributed by atoms with Crippen molar-refractivity contribution in [1.29, 1.82) is 0 Å². The minimum Gasteiger partial charge on any atom is -0.480 e. The number of hydrogen-bond donors (Lipinski definition) is 3. The summed E-state index contributed by atoms with van der Waals surface area (Å²) in [4.78, 5) is 34.7. The summed E-state index contributed by atoms with van der Waals surface area (Å²) in [5.41, 5.74) is 0. The second kappa shape index (κ2) is 5.34. The smallest absolute Gasteiger partial charge is 0.323 e. The molecule has 0 aromatic carbocycles. The molecule has 1 saturated heterocycles. The molecule has 1 fully saturated rings. The third-order valence-corrected chi connectivity index (χ3v) is 2.37. The molecule has 0 aliphatic carbocycles. The first kappa shape index (κ1) is 12.3. The number of urea groups is 1. The molecule has 90 valence electrons. The minimum absolute atomic E-state index is 0.195. The van der Waals surface area contributed by atoms with Crippen LogP contribution in [0.3, 0.4) is 0 Å². The van der Waals surface area contributed by atoms with Crippen LogP contribution < -0.4 is 10.6 Å². The average molecular weight is 229 g/mol. The molecular weight excluding hydrogens is 214 g/mol. The van der Waals surface area contributed by atoms with Crippen LogP contribution in [0.1, 0.15) is 13.3 Å². The third kappa shape index (κ3) is 2.85. The fourth-order valence-corrected chi connectivity index (χ4v) is 1.62. The van der Waals surface area contributed by atoms with Gasteiger partial charge in [-0.1, -0.05) is 6.92 Å². The first-order chi connectivity index (χ1) is 7.56. The van der Waals surface area contributed by atoms with E-state index in [4.69, 9.17) is 5.11 Å². The molecule has 1 rings (SSSR count). The molecular formula is C9H15N3O4. The molecule has 3 N–H and O–H groups in total. The van der Waals surface area contributed by atoms with E-state index in [9.17, 15) is 14.4 Å². The summed E-state index contributed by atoms with van der Waals surface area (Å²) in [6.45, 7) is 2.16. The summed E-state index contributed by atoms with van der Waals surface area (Å²) < 4.78 is 0. The largest absolute Gasteiger partial charge is 0.480 e. The molecule has 1 atom stereocenters. The van der Waals surface area contributed by atoms with Crippen LogP contribution >= 0.6 is 0 Å². The molecule has 0 saturated carbocycles. The van der Waals surface area contributed by atoms with E-state index >= 15 is 0 Å². The Balaban J connectivity index is 2.58. The van der Waals surface area contributed by atoms with E-state index in [0.717, 1.165) is 0 Å². The molecule has 1 unspecified atom stereocenters. The van der Waals surface area contributed by atoms with E-state index in [-0.39, 0.29) is 5.91 Å². The van der Waals surface area contributed by atoms with Crippen LogP contribution in [0, 0.1) is 0 Å². The minimum atomic E-state index is -1.11. The average Bonchev–Trinajstić information content (AvgIpc) is 2.25. The maximum atomic E-state index is 11.6. The van der Waals surface area contributed by atoms with E-state index < -0.39 is 24.6 Å². The lowest BCUT2D eigenvalue weighted by Crippen LogP contribution is -2.59. The zero-order chi connectivity index (χ0) is 12.1. The van der Waals surface area contributed by atoms with Crippen molar-refractivity contribution in [3.63, 3.8) is 0 Å². The number of aliphatic carboxylic acids is 1. The fraction of sp³-hybridized carbons (Fsp3) is 0.667. The van der Waals surface area contributed by atoms with Crippen LogP contribution in [0.25, 0.3) is 0 Å². The number of carboxylic acid groups (broad SMARTS) is 1. The summed E-state index contributed by atoms with van der Waals surface area (Å²) in [6.07, 6.45) is 0.506. The number of piperazine rings is 1. The standard InChI is InChI=1S/C9H15N3O4/c1-2-6-8(15)10-3-4-12(6)9(16)11-5-7(13)14/h6H,2-5H2,1H3,(H,10,15)(H,11,16)(H,13,14). The highest BCUT2D eigenvalue weighted by atomic mass is 16.4. The van der Waals surface area contributed by atoms with Crippen molar-refractivity contribution in [2.45, 2.75) is 19.4 Å². The van der Waals surface area contributed by atoms with E-state index in [1.165, 1.54) is 4.90 Å². The molecule has 0 aromatic heterocycles. The second-order valence-corrected chi connectivity index (χ2v) is 3.46. The van der Waals surface area contributed by atoms with Crippen molar-refractivity contribution in [3.05, 3.63) is 0 Å². The molecule has 0 bridgehead atoms. The molecule has 0 spiro atoms.